The van der Waals surface area contributed by atoms with Crippen LogP contribution in [0.4, 0.5) is 5.82 Å². The van der Waals surface area contributed by atoms with Gasteiger partial charge in [0, 0.05) is 43.2 Å². The topological polar surface area (TPSA) is 60.0 Å². The normalized spacial score (nSPS) is 16.4. The molecule has 3 heterocycles. The number of thiophene rings is 1. The molecular weight excluding hydrogens is 424 g/mol. The predicted molar refractivity (Wildman–Crippen MR) is 128 cm³/mol. The minimum atomic E-state index is 0.649. The van der Waals surface area contributed by atoms with Crippen LogP contribution < -0.4 is 19.1 Å². The molecule has 1 aliphatic heterocycles. The van der Waals surface area contributed by atoms with Crippen molar-refractivity contribution in [2.75, 3.05) is 52.4 Å². The Hall–Kier alpha value is -2.58. The van der Waals surface area contributed by atoms with E-state index in [9.17, 15) is 0 Å². The van der Waals surface area contributed by atoms with Crippen molar-refractivity contribution in [3.8, 4) is 17.2 Å². The lowest BCUT2D eigenvalue weighted by molar-refractivity contribution is 0.243. The molecule has 3 aromatic rings. The van der Waals surface area contributed by atoms with Crippen LogP contribution in [0.1, 0.15) is 28.2 Å². The van der Waals surface area contributed by atoms with E-state index in [2.05, 4.69) is 15.9 Å². The number of aryl methyl sites for hydroxylation is 3. The molecule has 0 atom stereocenters. The molecule has 2 aromatic heterocycles. The van der Waals surface area contributed by atoms with Crippen molar-refractivity contribution in [1.82, 2.24) is 14.9 Å². The Labute approximate surface area is 192 Å². The fourth-order valence-corrected chi connectivity index (χ4v) is 6.26. The Morgan fingerprint density at radius 2 is 1.72 bits per heavy atom. The lowest BCUT2D eigenvalue weighted by Crippen LogP contribution is -2.46. The van der Waals surface area contributed by atoms with Crippen LogP contribution in [0.3, 0.4) is 0 Å². The highest BCUT2D eigenvalue weighted by Gasteiger charge is 2.27. The van der Waals surface area contributed by atoms with Gasteiger partial charge >= 0.3 is 0 Å². The summed E-state index contributed by atoms with van der Waals surface area (Å²) in [7, 11) is 4.97. The van der Waals surface area contributed by atoms with Gasteiger partial charge in [0.1, 0.15) is 16.5 Å². The summed E-state index contributed by atoms with van der Waals surface area (Å²) in [6.07, 6.45) is 3.61. The van der Waals surface area contributed by atoms with Gasteiger partial charge in [-0.15, -0.1) is 11.3 Å². The van der Waals surface area contributed by atoms with Crippen LogP contribution in [0.5, 0.6) is 17.2 Å². The van der Waals surface area contributed by atoms with E-state index in [0.29, 0.717) is 11.5 Å². The highest BCUT2D eigenvalue weighted by atomic mass is 32.1. The minimum absolute atomic E-state index is 0.649. The van der Waals surface area contributed by atoms with Crippen LogP contribution >= 0.6 is 11.3 Å². The first-order chi connectivity index (χ1) is 15.6. The third-order valence-corrected chi connectivity index (χ3v) is 7.69. The van der Waals surface area contributed by atoms with E-state index in [-0.39, 0.29) is 0 Å². The summed E-state index contributed by atoms with van der Waals surface area (Å²) in [6, 6.07) is 4.02. The zero-order valence-electron chi connectivity index (χ0n) is 19.2. The molecule has 5 rings (SSSR count). The Kier molecular flexibility index (Phi) is 5.82. The Bertz CT molecular complexity index is 1140. The maximum Gasteiger partial charge on any atom is 0.203 e. The lowest BCUT2D eigenvalue weighted by atomic mass is 10.1. The number of nitrogens with zero attached hydrogens (tertiary/aromatic N) is 4. The summed E-state index contributed by atoms with van der Waals surface area (Å²) < 4.78 is 16.7. The summed E-state index contributed by atoms with van der Waals surface area (Å²) >= 11 is 1.87. The van der Waals surface area contributed by atoms with Crippen LogP contribution in [0.25, 0.3) is 10.2 Å². The predicted octanol–water partition coefficient (Wildman–Crippen LogP) is 3.84. The van der Waals surface area contributed by atoms with E-state index in [1.54, 1.807) is 21.3 Å². The quantitative estimate of drug-likeness (QED) is 0.561. The second-order valence-electron chi connectivity index (χ2n) is 8.39. The number of hydrogen-bond donors (Lipinski definition) is 0. The summed E-state index contributed by atoms with van der Waals surface area (Å²) in [6.45, 7) is 6.65. The van der Waals surface area contributed by atoms with Gasteiger partial charge in [-0.1, -0.05) is 6.07 Å². The van der Waals surface area contributed by atoms with Gasteiger partial charge in [0.2, 0.25) is 5.75 Å². The number of benzene rings is 1. The molecule has 0 spiro atoms. The largest absolute Gasteiger partial charge is 0.493 e. The molecule has 1 aliphatic carbocycles. The van der Waals surface area contributed by atoms with Crippen molar-refractivity contribution >= 4 is 27.4 Å². The molecule has 8 heteroatoms. The zero-order valence-corrected chi connectivity index (χ0v) is 20.0. The van der Waals surface area contributed by atoms with Crippen molar-refractivity contribution < 1.29 is 14.2 Å². The maximum absolute atomic E-state index is 5.68. The Morgan fingerprint density at radius 1 is 0.938 bits per heavy atom. The fourth-order valence-electron chi connectivity index (χ4n) is 4.96. The highest BCUT2D eigenvalue weighted by molar-refractivity contribution is 7.19. The second-order valence-corrected chi connectivity index (χ2v) is 9.47. The molecule has 0 amide bonds. The van der Waals surface area contributed by atoms with Crippen molar-refractivity contribution in [3.05, 3.63) is 34.0 Å². The fraction of sp³-hybridized carbons (Fsp3) is 0.500. The Morgan fingerprint density at radius 3 is 2.44 bits per heavy atom. The molecule has 2 aliphatic rings. The highest BCUT2D eigenvalue weighted by Crippen LogP contribution is 2.42. The molecule has 7 nitrogen and oxygen atoms in total. The van der Waals surface area contributed by atoms with Gasteiger partial charge in [-0.25, -0.2) is 9.97 Å². The summed E-state index contributed by atoms with van der Waals surface area (Å²) in [5.74, 6) is 4.08. The number of ether oxygens (including phenoxy) is 3. The van der Waals surface area contributed by atoms with E-state index in [1.165, 1.54) is 28.7 Å². The molecule has 1 fully saturated rings. The minimum Gasteiger partial charge on any atom is -0.493 e. The number of piperazine rings is 1. The van der Waals surface area contributed by atoms with Gasteiger partial charge in [-0.3, -0.25) is 4.90 Å². The van der Waals surface area contributed by atoms with Gasteiger partial charge in [0.15, 0.2) is 11.5 Å². The number of anilines is 1. The number of aromatic nitrogens is 2. The van der Waals surface area contributed by atoms with Gasteiger partial charge in [-0.05, 0) is 37.8 Å². The summed E-state index contributed by atoms with van der Waals surface area (Å²) in [4.78, 5) is 17.2. The summed E-state index contributed by atoms with van der Waals surface area (Å²) in [5.41, 5.74) is 2.60. The zero-order chi connectivity index (χ0) is 22.2. The molecule has 0 N–H and O–H groups in total. The molecular formula is C24H30N4O3S. The van der Waals surface area contributed by atoms with E-state index in [1.807, 2.05) is 24.3 Å². The van der Waals surface area contributed by atoms with E-state index in [0.717, 1.165) is 66.9 Å². The standard InChI is InChI=1S/C24H30N4O3S/c1-15-25-23(20-17-6-5-7-19(17)32-24(20)26-15)28-12-10-27(11-13-28)14-16-8-9-18(29-2)22(31-4)21(16)30-3/h8-9H,5-7,10-14H2,1-4H3. The number of fused-ring (bicyclic) bond motifs is 3. The smallest absolute Gasteiger partial charge is 0.203 e. The van der Waals surface area contributed by atoms with Crippen molar-refractivity contribution in [2.24, 2.45) is 0 Å². The molecule has 0 unspecified atom stereocenters. The first kappa shape index (κ1) is 21.3. The van der Waals surface area contributed by atoms with Crippen LogP contribution in [0.2, 0.25) is 0 Å². The van der Waals surface area contributed by atoms with E-state index < -0.39 is 0 Å². The number of methoxy groups -OCH3 is 3. The first-order valence-electron chi connectivity index (χ1n) is 11.2. The van der Waals surface area contributed by atoms with E-state index in [4.69, 9.17) is 24.2 Å². The average molecular weight is 455 g/mol. The van der Waals surface area contributed by atoms with Crippen molar-refractivity contribution in [2.45, 2.75) is 32.7 Å². The second kappa shape index (κ2) is 8.75. The molecule has 1 aromatic carbocycles. The molecule has 0 saturated carbocycles. The van der Waals surface area contributed by atoms with Gasteiger partial charge in [0.05, 0.1) is 26.7 Å². The van der Waals surface area contributed by atoms with Crippen LogP contribution in [0, 0.1) is 6.92 Å². The molecule has 32 heavy (non-hydrogen) atoms. The Balaban J connectivity index is 1.35. The molecule has 0 radical (unpaired) electrons. The monoisotopic (exact) mass is 454 g/mol. The van der Waals surface area contributed by atoms with Gasteiger partial charge in [0.25, 0.3) is 0 Å². The molecule has 1 saturated heterocycles. The lowest BCUT2D eigenvalue weighted by Gasteiger charge is -2.36. The van der Waals surface area contributed by atoms with Crippen LogP contribution in [0.15, 0.2) is 12.1 Å². The third-order valence-electron chi connectivity index (χ3n) is 6.51. The molecule has 170 valence electrons. The number of hydrogen-bond acceptors (Lipinski definition) is 8. The van der Waals surface area contributed by atoms with Gasteiger partial charge < -0.3 is 19.1 Å². The molecule has 0 bridgehead atoms. The van der Waals surface area contributed by atoms with Crippen molar-refractivity contribution in [3.63, 3.8) is 0 Å². The first-order valence-corrected chi connectivity index (χ1v) is 12.0. The maximum atomic E-state index is 5.68. The number of rotatable bonds is 6. The van der Waals surface area contributed by atoms with Crippen LogP contribution in [-0.2, 0) is 19.4 Å². The summed E-state index contributed by atoms with van der Waals surface area (Å²) in [5, 5.41) is 1.31. The third kappa shape index (κ3) is 3.65. The van der Waals surface area contributed by atoms with E-state index >= 15 is 0 Å². The van der Waals surface area contributed by atoms with Crippen molar-refractivity contribution in [1.29, 1.82) is 0 Å². The average Bonchev–Trinajstić information content (AvgIpc) is 3.39. The van der Waals surface area contributed by atoms with Crippen LogP contribution in [-0.4, -0.2) is 62.4 Å². The van der Waals surface area contributed by atoms with Gasteiger partial charge in [-0.2, -0.15) is 0 Å². The SMILES string of the molecule is COc1ccc(CN2CCN(c3nc(C)nc4sc5c(c34)CCC5)CC2)c(OC)c1OC.